The van der Waals surface area contributed by atoms with Gasteiger partial charge in [0.15, 0.2) is 0 Å². The number of nitrogens with zero attached hydrogens (tertiary/aromatic N) is 2. The molecular formula is C18H14N2O8. The van der Waals surface area contributed by atoms with Crippen molar-refractivity contribution >= 4 is 35.0 Å². The number of hydrogen-bond donors (Lipinski definition) is 4. The molecule has 144 valence electrons. The van der Waals surface area contributed by atoms with Crippen LogP contribution in [0.5, 0.6) is 23.0 Å². The fourth-order valence-electron chi connectivity index (χ4n) is 2.77. The summed E-state index contributed by atoms with van der Waals surface area (Å²) in [6.45, 7) is 0. The van der Waals surface area contributed by atoms with Crippen molar-refractivity contribution in [2.24, 2.45) is 0 Å². The number of rotatable bonds is 2. The van der Waals surface area contributed by atoms with Crippen molar-refractivity contribution < 1.29 is 39.6 Å². The van der Waals surface area contributed by atoms with E-state index in [0.29, 0.717) is 9.80 Å². The summed E-state index contributed by atoms with van der Waals surface area (Å²) in [5, 5.41) is 39.0. The molecule has 3 rings (SSSR count). The van der Waals surface area contributed by atoms with Crippen LogP contribution in [0.1, 0.15) is 12.8 Å². The molecule has 1 fully saturated rings. The molecule has 10 heteroatoms. The lowest BCUT2D eigenvalue weighted by molar-refractivity contribution is -0.134. The molecular weight excluding hydrogens is 372 g/mol. The normalized spacial score (nSPS) is 15.6. The van der Waals surface area contributed by atoms with Crippen LogP contribution in [0.4, 0.5) is 11.4 Å². The van der Waals surface area contributed by atoms with Gasteiger partial charge in [0.25, 0.3) is 0 Å². The quantitative estimate of drug-likeness (QED) is 0.334. The van der Waals surface area contributed by atoms with Gasteiger partial charge in [0.05, 0.1) is 11.4 Å². The maximum absolute atomic E-state index is 12.5. The SMILES string of the molecule is O=C1CC(=O)N(c2cc(O)ccc2O)C(=O)CC(=O)N1c1cc(O)ccc1O. The van der Waals surface area contributed by atoms with Crippen LogP contribution in [0.3, 0.4) is 0 Å². The van der Waals surface area contributed by atoms with E-state index in [-0.39, 0.29) is 22.9 Å². The topological polar surface area (TPSA) is 156 Å². The number of carbonyl (C=O) groups excluding carboxylic acids is 4. The molecule has 1 saturated heterocycles. The van der Waals surface area contributed by atoms with Gasteiger partial charge in [-0.3, -0.25) is 19.2 Å². The summed E-state index contributed by atoms with van der Waals surface area (Å²) < 4.78 is 0. The first kappa shape index (κ1) is 18.7. The molecule has 2 aromatic rings. The van der Waals surface area contributed by atoms with E-state index in [1.807, 2.05) is 0 Å². The zero-order chi connectivity index (χ0) is 20.6. The van der Waals surface area contributed by atoms with Gasteiger partial charge in [-0.25, -0.2) is 9.80 Å². The third kappa shape index (κ3) is 3.30. The predicted octanol–water partition coefficient (Wildman–Crippen LogP) is 0.722. The second-order valence-corrected chi connectivity index (χ2v) is 5.95. The first-order chi connectivity index (χ1) is 13.2. The van der Waals surface area contributed by atoms with E-state index < -0.39 is 48.0 Å². The average molecular weight is 386 g/mol. The summed E-state index contributed by atoms with van der Waals surface area (Å²) in [4.78, 5) is 51.0. The summed E-state index contributed by atoms with van der Waals surface area (Å²) in [7, 11) is 0. The Morgan fingerprint density at radius 3 is 1.21 bits per heavy atom. The molecule has 2 aromatic carbocycles. The van der Waals surface area contributed by atoms with Gasteiger partial charge in [-0.15, -0.1) is 0 Å². The van der Waals surface area contributed by atoms with Crippen LogP contribution >= 0.6 is 0 Å². The van der Waals surface area contributed by atoms with Crippen LogP contribution in [0.25, 0.3) is 0 Å². The zero-order valence-electron chi connectivity index (χ0n) is 14.2. The number of hydrogen-bond acceptors (Lipinski definition) is 8. The van der Waals surface area contributed by atoms with Crippen molar-refractivity contribution in [3.05, 3.63) is 36.4 Å². The number of carbonyl (C=O) groups is 4. The Morgan fingerprint density at radius 1 is 0.571 bits per heavy atom. The Kier molecular flexibility index (Phi) is 4.62. The van der Waals surface area contributed by atoms with Crippen molar-refractivity contribution in [1.29, 1.82) is 0 Å². The maximum atomic E-state index is 12.5. The average Bonchev–Trinajstić information content (AvgIpc) is 2.60. The molecule has 0 saturated carbocycles. The summed E-state index contributed by atoms with van der Waals surface area (Å²) in [6, 6.07) is 6.23. The van der Waals surface area contributed by atoms with Crippen molar-refractivity contribution in [1.82, 2.24) is 0 Å². The molecule has 0 radical (unpaired) electrons. The number of amides is 4. The van der Waals surface area contributed by atoms with Crippen molar-refractivity contribution in [3.63, 3.8) is 0 Å². The standard InChI is InChI=1S/C18H14N2O8/c21-9-1-3-13(23)11(5-9)19-15(25)7-17(27)20(18(28)8-16(19)26)12-6-10(22)2-4-14(12)24/h1-6,21-24H,7-8H2. The number of benzene rings is 2. The van der Waals surface area contributed by atoms with Gasteiger partial charge < -0.3 is 20.4 Å². The van der Waals surface area contributed by atoms with E-state index in [1.54, 1.807) is 0 Å². The van der Waals surface area contributed by atoms with Gasteiger partial charge in [0.1, 0.15) is 35.8 Å². The maximum Gasteiger partial charge on any atom is 0.243 e. The highest BCUT2D eigenvalue weighted by molar-refractivity contribution is 6.32. The number of imide groups is 2. The number of phenolic OH excluding ortho intramolecular Hbond substituents is 4. The lowest BCUT2D eigenvalue weighted by Crippen LogP contribution is -2.49. The minimum absolute atomic E-state index is 0.348. The molecule has 0 bridgehead atoms. The molecule has 0 atom stereocenters. The Bertz CT molecular complexity index is 907. The minimum Gasteiger partial charge on any atom is -0.508 e. The van der Waals surface area contributed by atoms with E-state index in [1.165, 1.54) is 0 Å². The highest BCUT2D eigenvalue weighted by Gasteiger charge is 2.38. The lowest BCUT2D eigenvalue weighted by atomic mass is 10.1. The van der Waals surface area contributed by atoms with Gasteiger partial charge in [0.2, 0.25) is 23.6 Å². The van der Waals surface area contributed by atoms with Crippen molar-refractivity contribution in [3.8, 4) is 23.0 Å². The monoisotopic (exact) mass is 386 g/mol. The molecule has 1 aliphatic heterocycles. The molecule has 10 nitrogen and oxygen atoms in total. The second kappa shape index (κ2) is 6.91. The van der Waals surface area contributed by atoms with Gasteiger partial charge in [0, 0.05) is 12.1 Å². The van der Waals surface area contributed by atoms with Crippen molar-refractivity contribution in [2.45, 2.75) is 12.8 Å². The van der Waals surface area contributed by atoms with Crippen LogP contribution < -0.4 is 9.80 Å². The van der Waals surface area contributed by atoms with Gasteiger partial charge in [-0.1, -0.05) is 0 Å². The fraction of sp³-hybridized carbons (Fsp3) is 0.111. The zero-order valence-corrected chi connectivity index (χ0v) is 14.2. The largest absolute Gasteiger partial charge is 0.508 e. The molecule has 1 heterocycles. The van der Waals surface area contributed by atoms with Crippen molar-refractivity contribution in [2.75, 3.05) is 9.80 Å². The van der Waals surface area contributed by atoms with E-state index in [4.69, 9.17) is 0 Å². The Balaban J connectivity index is 2.03. The molecule has 0 unspecified atom stereocenters. The van der Waals surface area contributed by atoms with E-state index in [9.17, 15) is 39.6 Å². The molecule has 0 aromatic heterocycles. The molecule has 28 heavy (non-hydrogen) atoms. The highest BCUT2D eigenvalue weighted by Crippen LogP contribution is 2.35. The molecule has 0 spiro atoms. The van der Waals surface area contributed by atoms with Crippen LogP contribution in [0.2, 0.25) is 0 Å². The molecule has 4 amide bonds. The van der Waals surface area contributed by atoms with E-state index in [0.717, 1.165) is 36.4 Å². The van der Waals surface area contributed by atoms with Crippen LogP contribution in [-0.2, 0) is 19.2 Å². The third-order valence-corrected chi connectivity index (χ3v) is 4.00. The molecule has 1 aliphatic rings. The minimum atomic E-state index is -1.05. The Morgan fingerprint density at radius 2 is 0.893 bits per heavy atom. The number of phenols is 4. The van der Waals surface area contributed by atoms with Crippen LogP contribution in [-0.4, -0.2) is 44.1 Å². The summed E-state index contributed by atoms with van der Waals surface area (Å²) in [5.41, 5.74) is -0.742. The van der Waals surface area contributed by atoms with Gasteiger partial charge in [-0.05, 0) is 24.3 Å². The van der Waals surface area contributed by atoms with Gasteiger partial charge >= 0.3 is 0 Å². The number of aromatic hydroxyl groups is 4. The van der Waals surface area contributed by atoms with Crippen LogP contribution in [0, 0.1) is 0 Å². The summed E-state index contributed by atoms with van der Waals surface area (Å²) >= 11 is 0. The first-order valence-electron chi connectivity index (χ1n) is 7.94. The Labute approximate surface area is 157 Å². The molecule has 0 aliphatic carbocycles. The van der Waals surface area contributed by atoms with Gasteiger partial charge in [-0.2, -0.15) is 0 Å². The molecule has 4 N–H and O–H groups in total. The lowest BCUT2D eigenvalue weighted by Gasteiger charge is -2.28. The van der Waals surface area contributed by atoms with E-state index >= 15 is 0 Å². The van der Waals surface area contributed by atoms with Crippen LogP contribution in [0.15, 0.2) is 36.4 Å². The number of anilines is 2. The third-order valence-electron chi connectivity index (χ3n) is 4.00. The second-order valence-electron chi connectivity index (χ2n) is 5.95. The highest BCUT2D eigenvalue weighted by atomic mass is 16.3. The first-order valence-corrected chi connectivity index (χ1v) is 7.94. The summed E-state index contributed by atoms with van der Waals surface area (Å²) in [6.07, 6.45) is -1.89. The summed E-state index contributed by atoms with van der Waals surface area (Å²) in [5.74, 6) is -5.91. The predicted molar refractivity (Wildman–Crippen MR) is 93.8 cm³/mol. The van der Waals surface area contributed by atoms with E-state index in [2.05, 4.69) is 0 Å². The smallest absolute Gasteiger partial charge is 0.243 e. The fourth-order valence-corrected chi connectivity index (χ4v) is 2.77. The Hall–Kier alpha value is -4.08.